The summed E-state index contributed by atoms with van der Waals surface area (Å²) in [5, 5.41) is 0. The highest BCUT2D eigenvalue weighted by Gasteiger charge is 2.03. The fourth-order valence-electron chi connectivity index (χ4n) is 1.29. The van der Waals surface area contributed by atoms with Crippen LogP contribution < -0.4 is 0 Å². The van der Waals surface area contributed by atoms with Gasteiger partial charge >= 0.3 is 0 Å². The smallest absolute Gasteiger partial charge is 0.0172 e. The van der Waals surface area contributed by atoms with Crippen LogP contribution in [-0.2, 0) is 0 Å². The molecule has 57 valence electrons. The third-order valence-corrected chi connectivity index (χ3v) is 1.87. The third kappa shape index (κ3) is 2.42. The average molecular weight is 138 g/mol. The van der Waals surface area contributed by atoms with Gasteiger partial charge in [-0.2, -0.15) is 0 Å². The molecule has 0 saturated carbocycles. The summed E-state index contributed by atoms with van der Waals surface area (Å²) in [4.78, 5) is 2.38. The lowest BCUT2D eigenvalue weighted by Crippen LogP contribution is -2.23. The standard InChI is InChI=1S/C9H16N/c1-2-3-7-10-8-5-4-6-9-10/h3,7H,1-2,4-6,8-9H2. The number of hydrogen-bond donors (Lipinski definition) is 0. The molecule has 1 nitrogen and oxygen atoms in total. The van der Waals surface area contributed by atoms with Gasteiger partial charge in [-0.15, -0.1) is 0 Å². The second-order valence-corrected chi connectivity index (χ2v) is 2.77. The molecule has 0 aromatic carbocycles. The minimum absolute atomic E-state index is 0.913. The predicted octanol–water partition coefficient (Wildman–Crippen LogP) is 2.21. The second kappa shape index (κ2) is 4.37. The van der Waals surface area contributed by atoms with Crippen molar-refractivity contribution in [1.29, 1.82) is 0 Å². The molecular weight excluding hydrogens is 122 g/mol. The second-order valence-electron chi connectivity index (χ2n) is 2.77. The molecule has 1 fully saturated rings. The Morgan fingerprint density at radius 1 is 1.20 bits per heavy atom. The van der Waals surface area contributed by atoms with Gasteiger partial charge in [-0.25, -0.2) is 0 Å². The van der Waals surface area contributed by atoms with Crippen molar-refractivity contribution in [3.8, 4) is 0 Å². The maximum absolute atomic E-state index is 3.76. The van der Waals surface area contributed by atoms with Crippen molar-refractivity contribution in [1.82, 2.24) is 4.90 Å². The van der Waals surface area contributed by atoms with Gasteiger partial charge in [0.25, 0.3) is 0 Å². The molecule has 1 radical (unpaired) electrons. The van der Waals surface area contributed by atoms with Gasteiger partial charge in [0.05, 0.1) is 0 Å². The first-order chi connectivity index (χ1) is 4.93. The molecule has 0 aliphatic carbocycles. The first-order valence-corrected chi connectivity index (χ1v) is 4.13. The van der Waals surface area contributed by atoms with E-state index in [1.165, 1.54) is 32.4 Å². The van der Waals surface area contributed by atoms with E-state index in [0.29, 0.717) is 0 Å². The number of nitrogens with zero attached hydrogens (tertiary/aromatic N) is 1. The highest BCUT2D eigenvalue weighted by Crippen LogP contribution is 2.08. The summed E-state index contributed by atoms with van der Waals surface area (Å²) >= 11 is 0. The fraction of sp³-hybridized carbons (Fsp3) is 0.667. The molecule has 1 aliphatic heterocycles. The van der Waals surface area contributed by atoms with E-state index in [4.69, 9.17) is 0 Å². The summed E-state index contributed by atoms with van der Waals surface area (Å²) < 4.78 is 0. The lowest BCUT2D eigenvalue weighted by atomic mass is 10.1. The number of likely N-dealkylation sites (tertiary alicyclic amines) is 1. The Morgan fingerprint density at radius 3 is 2.50 bits per heavy atom. The van der Waals surface area contributed by atoms with Gasteiger partial charge in [0.2, 0.25) is 0 Å². The minimum Gasteiger partial charge on any atom is -0.378 e. The van der Waals surface area contributed by atoms with Crippen LogP contribution in [0.1, 0.15) is 25.7 Å². The summed E-state index contributed by atoms with van der Waals surface area (Å²) in [6.45, 7) is 6.25. The molecule has 0 aromatic heterocycles. The fourth-order valence-corrected chi connectivity index (χ4v) is 1.29. The summed E-state index contributed by atoms with van der Waals surface area (Å²) in [7, 11) is 0. The van der Waals surface area contributed by atoms with Crippen LogP contribution in [0.4, 0.5) is 0 Å². The van der Waals surface area contributed by atoms with Crippen molar-refractivity contribution in [2.75, 3.05) is 13.1 Å². The lowest BCUT2D eigenvalue weighted by Gasteiger charge is -2.24. The summed E-state index contributed by atoms with van der Waals surface area (Å²) in [5.41, 5.74) is 0. The van der Waals surface area contributed by atoms with E-state index >= 15 is 0 Å². The number of allylic oxidation sites excluding steroid dienone is 1. The van der Waals surface area contributed by atoms with Gasteiger partial charge < -0.3 is 4.90 Å². The van der Waals surface area contributed by atoms with Crippen LogP contribution in [-0.4, -0.2) is 18.0 Å². The topological polar surface area (TPSA) is 3.24 Å². The van der Waals surface area contributed by atoms with Crippen molar-refractivity contribution in [2.24, 2.45) is 0 Å². The summed E-state index contributed by atoms with van der Waals surface area (Å²) in [6.07, 6.45) is 9.37. The van der Waals surface area contributed by atoms with Crippen molar-refractivity contribution >= 4 is 0 Å². The van der Waals surface area contributed by atoms with E-state index in [0.717, 1.165) is 6.42 Å². The van der Waals surface area contributed by atoms with Crippen molar-refractivity contribution in [3.05, 3.63) is 19.2 Å². The number of piperidine rings is 1. The Bertz CT molecular complexity index is 101. The zero-order valence-corrected chi connectivity index (χ0v) is 6.55. The zero-order valence-electron chi connectivity index (χ0n) is 6.55. The maximum atomic E-state index is 3.76. The molecule has 1 rings (SSSR count). The first-order valence-electron chi connectivity index (χ1n) is 4.13. The van der Waals surface area contributed by atoms with Crippen LogP contribution >= 0.6 is 0 Å². The molecule has 10 heavy (non-hydrogen) atoms. The molecule has 0 unspecified atom stereocenters. The average Bonchev–Trinajstić information content (AvgIpc) is 2.03. The van der Waals surface area contributed by atoms with Crippen molar-refractivity contribution < 1.29 is 0 Å². The van der Waals surface area contributed by atoms with Crippen molar-refractivity contribution in [3.63, 3.8) is 0 Å². The van der Waals surface area contributed by atoms with Crippen LogP contribution in [0.5, 0.6) is 0 Å². The Morgan fingerprint density at radius 2 is 1.90 bits per heavy atom. The van der Waals surface area contributed by atoms with E-state index in [-0.39, 0.29) is 0 Å². The van der Waals surface area contributed by atoms with Crippen LogP contribution in [0.2, 0.25) is 0 Å². The Kier molecular flexibility index (Phi) is 3.34. The summed E-state index contributed by atoms with van der Waals surface area (Å²) in [5.74, 6) is 0. The van der Waals surface area contributed by atoms with Crippen LogP contribution in [0.25, 0.3) is 0 Å². The molecule has 0 N–H and O–H groups in total. The molecule has 0 spiro atoms. The van der Waals surface area contributed by atoms with E-state index in [1.54, 1.807) is 0 Å². The predicted molar refractivity (Wildman–Crippen MR) is 44.5 cm³/mol. The third-order valence-electron chi connectivity index (χ3n) is 1.87. The van der Waals surface area contributed by atoms with E-state index in [9.17, 15) is 0 Å². The molecule has 1 aliphatic rings. The van der Waals surface area contributed by atoms with Gasteiger partial charge in [0, 0.05) is 13.1 Å². The van der Waals surface area contributed by atoms with Crippen LogP contribution in [0.15, 0.2) is 12.3 Å². The highest BCUT2D eigenvalue weighted by molar-refractivity contribution is 4.84. The number of hydrogen-bond acceptors (Lipinski definition) is 1. The minimum atomic E-state index is 0.913. The first kappa shape index (κ1) is 7.64. The number of rotatable bonds is 2. The Hall–Kier alpha value is -0.460. The normalized spacial score (nSPS) is 20.3. The Labute approximate surface area is 63.7 Å². The van der Waals surface area contributed by atoms with Gasteiger partial charge in [-0.3, -0.25) is 0 Å². The highest BCUT2D eigenvalue weighted by atomic mass is 15.1. The summed E-state index contributed by atoms with van der Waals surface area (Å²) in [6, 6.07) is 0. The van der Waals surface area contributed by atoms with E-state index in [1.807, 2.05) is 0 Å². The monoisotopic (exact) mass is 138 g/mol. The van der Waals surface area contributed by atoms with E-state index in [2.05, 4.69) is 24.1 Å². The molecular formula is C9H16N. The van der Waals surface area contributed by atoms with Gasteiger partial charge in [0.1, 0.15) is 0 Å². The Balaban J connectivity index is 2.19. The molecule has 0 bridgehead atoms. The van der Waals surface area contributed by atoms with E-state index < -0.39 is 0 Å². The van der Waals surface area contributed by atoms with Crippen LogP contribution in [0.3, 0.4) is 0 Å². The van der Waals surface area contributed by atoms with Crippen molar-refractivity contribution in [2.45, 2.75) is 25.7 Å². The molecule has 0 atom stereocenters. The SMILES string of the molecule is [CH2]CC=CN1CCCCC1. The maximum Gasteiger partial charge on any atom is 0.0172 e. The molecule has 0 amide bonds. The zero-order chi connectivity index (χ0) is 7.23. The largest absolute Gasteiger partial charge is 0.378 e. The molecule has 1 heteroatoms. The van der Waals surface area contributed by atoms with Gasteiger partial charge in [0.15, 0.2) is 0 Å². The van der Waals surface area contributed by atoms with Gasteiger partial charge in [-0.1, -0.05) is 6.08 Å². The molecule has 1 heterocycles. The van der Waals surface area contributed by atoms with Crippen LogP contribution in [0, 0.1) is 6.92 Å². The molecule has 0 aromatic rings. The van der Waals surface area contributed by atoms with Gasteiger partial charge in [-0.05, 0) is 38.8 Å². The quantitative estimate of drug-likeness (QED) is 0.565. The lowest BCUT2D eigenvalue weighted by molar-refractivity contribution is 0.309. The molecule has 1 saturated heterocycles.